The second-order valence-electron chi connectivity index (χ2n) is 1.57. The van der Waals surface area contributed by atoms with E-state index in [-0.39, 0.29) is 0 Å². The maximum atomic E-state index is 5.26. The van der Waals surface area contributed by atoms with Crippen LogP contribution in [-0.4, -0.2) is 28.1 Å². The van der Waals surface area contributed by atoms with E-state index in [0.29, 0.717) is 4.32 Å². The Kier molecular flexibility index (Phi) is 2.29. The minimum atomic E-state index is 0.448. The summed E-state index contributed by atoms with van der Waals surface area (Å²) >= 11 is 6.02. The number of hydrogen-bond donors (Lipinski definition) is 1. The summed E-state index contributed by atoms with van der Waals surface area (Å²) in [6, 6.07) is 0. The fourth-order valence-corrected chi connectivity index (χ4v) is 1.35. The average Bonchev–Trinajstić information content (AvgIpc) is 2.15. The molecule has 0 saturated heterocycles. The van der Waals surface area contributed by atoms with Crippen molar-refractivity contribution in [3.8, 4) is 0 Å². The molecule has 0 bridgehead atoms. The molecule has 50 valence electrons. The number of rotatable bonds is 1. The third-order valence-corrected chi connectivity index (χ3v) is 1.78. The van der Waals surface area contributed by atoms with Crippen LogP contribution in [0, 0.1) is 0 Å². The Morgan fingerprint density at radius 3 is 3.11 bits per heavy atom. The van der Waals surface area contributed by atoms with Gasteiger partial charge in [-0.05, 0) is 0 Å². The second kappa shape index (κ2) is 3.03. The summed E-state index contributed by atoms with van der Waals surface area (Å²) in [5.41, 5.74) is 5.26. The molecule has 1 heterocycles. The van der Waals surface area contributed by atoms with Crippen molar-refractivity contribution in [2.24, 2.45) is 10.7 Å². The van der Waals surface area contributed by atoms with Crippen molar-refractivity contribution in [3.63, 3.8) is 0 Å². The highest BCUT2D eigenvalue weighted by Gasteiger charge is 2.05. The normalized spacial score (nSPS) is 16.7. The lowest BCUT2D eigenvalue weighted by Crippen LogP contribution is -2.16. The van der Waals surface area contributed by atoms with Gasteiger partial charge in [-0.1, -0.05) is 12.2 Å². The quantitative estimate of drug-likeness (QED) is 0.441. The zero-order chi connectivity index (χ0) is 6.69. The number of hydrogen-bond acceptors (Lipinski definition) is 4. The van der Waals surface area contributed by atoms with Crippen LogP contribution in [0.25, 0.3) is 0 Å². The third-order valence-electron chi connectivity index (χ3n) is 0.867. The largest absolute Gasteiger partial charge is 0.383 e. The number of aliphatic imine (C=N–C) groups is 1. The molecule has 0 aromatic heterocycles. The number of nitrogens with two attached hydrogens (primary N) is 1. The van der Waals surface area contributed by atoms with Crippen LogP contribution in [0.1, 0.15) is 0 Å². The summed E-state index contributed by atoms with van der Waals surface area (Å²) in [5.74, 6) is 0. The molecule has 1 aliphatic rings. The van der Waals surface area contributed by atoms with E-state index in [0.717, 1.165) is 13.1 Å². The predicted octanol–water partition coefficient (Wildman–Crippen LogP) is 0.222. The average molecular weight is 161 g/mol. The van der Waals surface area contributed by atoms with E-state index in [1.807, 2.05) is 4.31 Å². The first-order valence-electron chi connectivity index (χ1n) is 2.53. The van der Waals surface area contributed by atoms with Crippen molar-refractivity contribution in [2.75, 3.05) is 13.1 Å². The molecule has 9 heavy (non-hydrogen) atoms. The lowest BCUT2D eigenvalue weighted by molar-refractivity contribution is 0.754. The molecule has 5 heteroatoms. The van der Waals surface area contributed by atoms with Crippen molar-refractivity contribution in [2.45, 2.75) is 0 Å². The zero-order valence-corrected chi connectivity index (χ0v) is 6.41. The SMILES string of the molecule is NC(=S)SN1C=NCC1. The first kappa shape index (κ1) is 6.82. The first-order valence-corrected chi connectivity index (χ1v) is 3.71. The van der Waals surface area contributed by atoms with E-state index in [1.165, 1.54) is 11.9 Å². The van der Waals surface area contributed by atoms with Gasteiger partial charge in [-0.2, -0.15) is 0 Å². The van der Waals surface area contributed by atoms with Crippen LogP contribution in [0.2, 0.25) is 0 Å². The van der Waals surface area contributed by atoms with E-state index in [4.69, 9.17) is 5.73 Å². The van der Waals surface area contributed by atoms with E-state index in [1.54, 1.807) is 6.34 Å². The van der Waals surface area contributed by atoms with Crippen molar-refractivity contribution >= 4 is 34.8 Å². The molecule has 0 saturated carbocycles. The van der Waals surface area contributed by atoms with Crippen LogP contribution in [0.5, 0.6) is 0 Å². The molecule has 0 atom stereocenters. The molecule has 0 fully saturated rings. The van der Waals surface area contributed by atoms with Gasteiger partial charge in [0.15, 0.2) is 4.32 Å². The molecule has 0 spiro atoms. The highest BCUT2D eigenvalue weighted by molar-refractivity contribution is 8.21. The summed E-state index contributed by atoms with van der Waals surface area (Å²) in [6.07, 6.45) is 1.75. The molecule has 0 aliphatic carbocycles. The van der Waals surface area contributed by atoms with Gasteiger partial charge in [-0.25, -0.2) is 0 Å². The molecule has 3 nitrogen and oxygen atoms in total. The van der Waals surface area contributed by atoms with E-state index < -0.39 is 0 Å². The van der Waals surface area contributed by atoms with Crippen molar-refractivity contribution in [1.29, 1.82) is 0 Å². The Morgan fingerprint density at radius 1 is 1.89 bits per heavy atom. The van der Waals surface area contributed by atoms with Crippen molar-refractivity contribution < 1.29 is 0 Å². The highest BCUT2D eigenvalue weighted by atomic mass is 32.2. The molecule has 0 amide bonds. The van der Waals surface area contributed by atoms with Gasteiger partial charge >= 0.3 is 0 Å². The van der Waals surface area contributed by atoms with E-state index in [2.05, 4.69) is 17.2 Å². The smallest absolute Gasteiger partial charge is 0.152 e. The van der Waals surface area contributed by atoms with E-state index in [9.17, 15) is 0 Å². The molecule has 1 aliphatic heterocycles. The monoisotopic (exact) mass is 161 g/mol. The first-order chi connectivity index (χ1) is 4.29. The van der Waals surface area contributed by atoms with Crippen molar-refractivity contribution in [1.82, 2.24) is 4.31 Å². The Bertz CT molecular complexity index is 145. The second-order valence-corrected chi connectivity index (χ2v) is 3.36. The Labute approximate surface area is 63.4 Å². The van der Waals surface area contributed by atoms with Gasteiger partial charge in [-0.3, -0.25) is 9.30 Å². The maximum absolute atomic E-state index is 5.26. The molecule has 0 radical (unpaired) electrons. The van der Waals surface area contributed by atoms with Crippen LogP contribution in [-0.2, 0) is 0 Å². The summed E-state index contributed by atoms with van der Waals surface area (Å²) in [5, 5.41) is 0. The molecule has 2 N–H and O–H groups in total. The summed E-state index contributed by atoms with van der Waals surface area (Å²) in [7, 11) is 0. The molecule has 1 rings (SSSR count). The molecular weight excluding hydrogens is 154 g/mol. The van der Waals surface area contributed by atoms with E-state index >= 15 is 0 Å². The van der Waals surface area contributed by atoms with Gasteiger partial charge in [-0.15, -0.1) is 0 Å². The lowest BCUT2D eigenvalue weighted by atomic mass is 10.7. The van der Waals surface area contributed by atoms with Gasteiger partial charge < -0.3 is 5.73 Å². The molecular formula is C4H7N3S2. The third kappa shape index (κ3) is 2.19. The fraction of sp³-hybridized carbons (Fsp3) is 0.500. The van der Waals surface area contributed by atoms with Crippen LogP contribution in [0.4, 0.5) is 0 Å². The van der Waals surface area contributed by atoms with Crippen LogP contribution < -0.4 is 5.73 Å². The molecule has 0 aromatic rings. The van der Waals surface area contributed by atoms with Gasteiger partial charge in [0.2, 0.25) is 0 Å². The van der Waals surface area contributed by atoms with Gasteiger partial charge in [0.1, 0.15) is 0 Å². The minimum Gasteiger partial charge on any atom is -0.383 e. The summed E-state index contributed by atoms with van der Waals surface area (Å²) < 4.78 is 2.37. The summed E-state index contributed by atoms with van der Waals surface area (Å²) in [6.45, 7) is 1.78. The van der Waals surface area contributed by atoms with Crippen LogP contribution >= 0.6 is 24.2 Å². The Morgan fingerprint density at radius 2 is 2.67 bits per heavy atom. The maximum Gasteiger partial charge on any atom is 0.152 e. The van der Waals surface area contributed by atoms with Crippen LogP contribution in [0.3, 0.4) is 0 Å². The van der Waals surface area contributed by atoms with Crippen LogP contribution in [0.15, 0.2) is 4.99 Å². The molecule has 0 unspecified atom stereocenters. The zero-order valence-electron chi connectivity index (χ0n) is 4.78. The summed E-state index contributed by atoms with van der Waals surface area (Å²) in [4.78, 5) is 3.98. The fourth-order valence-electron chi connectivity index (χ4n) is 0.548. The minimum absolute atomic E-state index is 0.448. The number of nitrogens with zero attached hydrogens (tertiary/aromatic N) is 2. The predicted molar refractivity (Wildman–Crippen MR) is 44.4 cm³/mol. The standard InChI is InChI=1S/C4H7N3S2/c5-4(8)9-7-2-1-6-3-7/h3H,1-2H2,(H2,5,8). The van der Waals surface area contributed by atoms with Gasteiger partial charge in [0.05, 0.1) is 19.4 Å². The van der Waals surface area contributed by atoms with Gasteiger partial charge in [0.25, 0.3) is 0 Å². The Hall–Kier alpha value is -0.290. The topological polar surface area (TPSA) is 41.6 Å². The Balaban J connectivity index is 2.28. The number of thiocarbonyl (C=S) groups is 1. The highest BCUT2D eigenvalue weighted by Crippen LogP contribution is 2.09. The molecule has 0 aromatic carbocycles. The van der Waals surface area contributed by atoms with Crippen molar-refractivity contribution in [3.05, 3.63) is 0 Å². The lowest BCUT2D eigenvalue weighted by Gasteiger charge is -2.08. The van der Waals surface area contributed by atoms with Gasteiger partial charge in [0, 0.05) is 11.9 Å².